The third-order valence-corrected chi connectivity index (χ3v) is 10.3. The Labute approximate surface area is 312 Å². The van der Waals surface area contributed by atoms with Crippen molar-refractivity contribution < 1.29 is 43.2 Å². The summed E-state index contributed by atoms with van der Waals surface area (Å²) in [5, 5.41) is 12.3. The van der Waals surface area contributed by atoms with Crippen LogP contribution < -0.4 is 15.0 Å². The molecule has 0 aliphatic carbocycles. The van der Waals surface area contributed by atoms with Gasteiger partial charge < -0.3 is 29.4 Å². The lowest BCUT2D eigenvalue weighted by molar-refractivity contribution is -0.178. The Balaban J connectivity index is 1.53. The Bertz CT molecular complexity index is 2010. The molecule has 3 aliphatic heterocycles. The van der Waals surface area contributed by atoms with Crippen molar-refractivity contribution in [1.29, 1.82) is 0 Å². The number of nitrogens with zero attached hydrogens (tertiary/aromatic N) is 2. The van der Waals surface area contributed by atoms with E-state index < -0.39 is 59.4 Å². The molecule has 6 atom stereocenters. The van der Waals surface area contributed by atoms with Gasteiger partial charge in [-0.25, -0.2) is 9.69 Å². The van der Waals surface area contributed by atoms with Gasteiger partial charge in [0.2, 0.25) is 11.8 Å². The van der Waals surface area contributed by atoms with Crippen LogP contribution in [-0.2, 0) is 34.0 Å². The molecule has 2 N–H and O–H groups in total. The molecule has 0 saturated carbocycles. The number of morpholine rings is 1. The largest absolute Gasteiger partial charge is 0.491 e. The number of ether oxygens (including phenoxy) is 4. The summed E-state index contributed by atoms with van der Waals surface area (Å²) in [6.45, 7) is 3.68. The molecule has 2 saturated heterocycles. The first-order valence-electron chi connectivity index (χ1n) is 17.8. The number of esters is 1. The molecular weight excluding hydrogens is 690 g/mol. The number of benzene rings is 4. The van der Waals surface area contributed by atoms with E-state index in [0.29, 0.717) is 16.9 Å². The Morgan fingerprint density at radius 3 is 2.19 bits per heavy atom. The van der Waals surface area contributed by atoms with E-state index in [0.717, 1.165) is 16.0 Å². The van der Waals surface area contributed by atoms with Crippen LogP contribution in [0.15, 0.2) is 122 Å². The van der Waals surface area contributed by atoms with Crippen LogP contribution in [0.25, 0.3) is 0 Å². The highest BCUT2D eigenvalue weighted by Gasteiger charge is 2.75. The van der Waals surface area contributed by atoms with Gasteiger partial charge in [0, 0.05) is 13.7 Å². The molecule has 3 amide bonds. The number of aliphatic hydroxyl groups is 1. The molecule has 12 nitrogen and oxygen atoms in total. The molecule has 3 aliphatic rings. The standard InChI is InChI=1S/C42H41N3O9/c1-3-22-43-38(47)33-35-39(48)54-36(28-14-8-5-9-15-28)34(27-12-6-4-7-13-27)45(35)37(29-18-20-30(21-19-29)52-24-23-46)42(33)31-16-10-11-17-32(31)44(40(42)49)41(50)53-26-25-51-2/h3-21,33-37,46H,1,22-26H2,2H3,(H,43,47)/t33-,34-,35-,36+,37+,42-/m0/s1. The molecule has 0 bridgehead atoms. The van der Waals surface area contributed by atoms with Crippen LogP contribution in [0.5, 0.6) is 5.75 Å². The lowest BCUT2D eigenvalue weighted by Crippen LogP contribution is -2.55. The predicted molar refractivity (Wildman–Crippen MR) is 197 cm³/mol. The Morgan fingerprint density at radius 2 is 1.52 bits per heavy atom. The van der Waals surface area contributed by atoms with E-state index in [1.165, 1.54) is 13.2 Å². The number of nitrogens with one attached hydrogen (secondary N) is 1. The van der Waals surface area contributed by atoms with E-state index in [9.17, 15) is 19.5 Å². The first kappa shape index (κ1) is 36.5. The van der Waals surface area contributed by atoms with Crippen molar-refractivity contribution in [3.63, 3.8) is 0 Å². The highest BCUT2D eigenvalue weighted by atomic mass is 16.6. The Kier molecular flexibility index (Phi) is 10.6. The number of hydrogen-bond donors (Lipinski definition) is 2. The molecule has 7 rings (SSSR count). The second-order valence-corrected chi connectivity index (χ2v) is 13.2. The first-order valence-corrected chi connectivity index (χ1v) is 17.8. The summed E-state index contributed by atoms with van der Waals surface area (Å²) in [6.07, 6.45) is -0.269. The van der Waals surface area contributed by atoms with Gasteiger partial charge in [-0.3, -0.25) is 19.3 Å². The molecule has 278 valence electrons. The van der Waals surface area contributed by atoms with Crippen LogP contribution in [0.3, 0.4) is 0 Å². The average Bonchev–Trinajstić information content (AvgIpc) is 3.66. The predicted octanol–water partition coefficient (Wildman–Crippen LogP) is 4.81. The maximum absolute atomic E-state index is 15.6. The number of fused-ring (bicyclic) bond motifs is 3. The zero-order chi connectivity index (χ0) is 37.8. The smallest absolute Gasteiger partial charge is 0.421 e. The quantitative estimate of drug-likeness (QED) is 0.118. The van der Waals surface area contributed by atoms with Crippen molar-refractivity contribution in [3.8, 4) is 5.75 Å². The number of aliphatic hydroxyl groups excluding tert-OH is 1. The van der Waals surface area contributed by atoms with Gasteiger partial charge in [-0.1, -0.05) is 97.1 Å². The van der Waals surface area contributed by atoms with Crippen molar-refractivity contribution in [2.24, 2.45) is 5.92 Å². The van der Waals surface area contributed by atoms with E-state index in [2.05, 4.69) is 11.9 Å². The minimum Gasteiger partial charge on any atom is -0.491 e. The number of anilines is 1. The summed E-state index contributed by atoms with van der Waals surface area (Å²) >= 11 is 0. The molecule has 4 aromatic carbocycles. The average molecular weight is 732 g/mol. The SMILES string of the molecule is C=CCNC(=O)[C@@H]1[C@H]2C(=O)O[C@H](c3ccccc3)[C@H](c3ccccc3)N2[C@H](c2ccc(OCCO)cc2)[C@@]12C(=O)N(C(=O)OCCOC)c1ccccc12. The maximum atomic E-state index is 15.6. The number of carbonyl (C=O) groups is 4. The molecule has 12 heteroatoms. The number of carbonyl (C=O) groups excluding carboxylic acids is 4. The number of imide groups is 1. The second-order valence-electron chi connectivity index (χ2n) is 13.2. The number of para-hydroxylation sites is 1. The van der Waals surface area contributed by atoms with Crippen molar-refractivity contribution in [2.75, 3.05) is 45.0 Å². The van der Waals surface area contributed by atoms with Gasteiger partial charge in [-0.05, 0) is 40.5 Å². The van der Waals surface area contributed by atoms with Gasteiger partial charge in [0.15, 0.2) is 0 Å². The van der Waals surface area contributed by atoms with Crippen molar-refractivity contribution in [1.82, 2.24) is 10.2 Å². The summed E-state index contributed by atoms with van der Waals surface area (Å²) in [5.74, 6) is -2.92. The Morgan fingerprint density at radius 1 is 0.852 bits per heavy atom. The van der Waals surface area contributed by atoms with Gasteiger partial charge in [-0.2, -0.15) is 0 Å². The minimum absolute atomic E-state index is 0.0576. The molecule has 3 heterocycles. The van der Waals surface area contributed by atoms with Gasteiger partial charge in [-0.15, -0.1) is 6.58 Å². The van der Waals surface area contributed by atoms with Gasteiger partial charge in [0.05, 0.1) is 36.9 Å². The first-order chi connectivity index (χ1) is 26.4. The Hall–Kier alpha value is -5.82. The number of hydrogen-bond acceptors (Lipinski definition) is 10. The van der Waals surface area contributed by atoms with Crippen LogP contribution in [0.4, 0.5) is 10.5 Å². The van der Waals surface area contributed by atoms with Crippen LogP contribution in [0.2, 0.25) is 0 Å². The van der Waals surface area contributed by atoms with E-state index in [1.807, 2.05) is 65.6 Å². The molecular formula is C42H41N3O9. The third kappa shape index (κ3) is 6.11. The van der Waals surface area contributed by atoms with Gasteiger partial charge >= 0.3 is 12.1 Å². The molecule has 0 radical (unpaired) electrons. The van der Waals surface area contributed by atoms with Crippen LogP contribution in [0, 0.1) is 5.92 Å². The molecule has 0 unspecified atom stereocenters. The lowest BCUT2D eigenvalue weighted by atomic mass is 9.65. The van der Waals surface area contributed by atoms with Crippen LogP contribution >= 0.6 is 0 Å². The van der Waals surface area contributed by atoms with Gasteiger partial charge in [0.1, 0.15) is 36.5 Å². The fourth-order valence-electron chi connectivity index (χ4n) is 8.31. The normalized spacial score (nSPS) is 24.4. The summed E-state index contributed by atoms with van der Waals surface area (Å²) in [7, 11) is 1.47. The fourth-order valence-corrected chi connectivity index (χ4v) is 8.31. The van der Waals surface area contributed by atoms with E-state index in [4.69, 9.17) is 18.9 Å². The summed E-state index contributed by atoms with van der Waals surface area (Å²) in [5.41, 5.74) is 0.846. The number of cyclic esters (lactones) is 1. The van der Waals surface area contributed by atoms with Crippen molar-refractivity contribution in [2.45, 2.75) is 29.6 Å². The molecule has 54 heavy (non-hydrogen) atoms. The third-order valence-electron chi connectivity index (χ3n) is 10.3. The van der Waals surface area contributed by atoms with Gasteiger partial charge in [0.25, 0.3) is 0 Å². The van der Waals surface area contributed by atoms with E-state index in [-0.39, 0.29) is 38.7 Å². The topological polar surface area (TPSA) is 144 Å². The zero-order valence-electron chi connectivity index (χ0n) is 29.7. The van der Waals surface area contributed by atoms with Crippen molar-refractivity contribution >= 4 is 29.6 Å². The number of amides is 3. The van der Waals surface area contributed by atoms with E-state index >= 15 is 4.79 Å². The number of rotatable bonds is 12. The molecule has 1 spiro atoms. The fraction of sp³-hybridized carbons (Fsp3) is 0.286. The second kappa shape index (κ2) is 15.7. The summed E-state index contributed by atoms with van der Waals surface area (Å²) in [6, 6.07) is 29.7. The summed E-state index contributed by atoms with van der Waals surface area (Å²) < 4.78 is 22.7. The van der Waals surface area contributed by atoms with Crippen LogP contribution in [0.1, 0.15) is 40.4 Å². The highest BCUT2D eigenvalue weighted by molar-refractivity contribution is 6.23. The molecule has 0 aromatic heterocycles. The number of methoxy groups -OCH3 is 1. The van der Waals surface area contributed by atoms with Crippen LogP contribution in [-0.4, -0.2) is 80.0 Å². The monoisotopic (exact) mass is 731 g/mol. The molecule has 4 aromatic rings. The summed E-state index contributed by atoms with van der Waals surface area (Å²) in [4.78, 5) is 62.1. The van der Waals surface area contributed by atoms with Crippen molar-refractivity contribution in [3.05, 3.63) is 144 Å². The van der Waals surface area contributed by atoms with E-state index in [1.54, 1.807) is 48.5 Å². The minimum atomic E-state index is -1.86. The lowest BCUT2D eigenvalue weighted by Gasteiger charge is -2.46. The highest BCUT2D eigenvalue weighted by Crippen LogP contribution is 2.65. The molecule has 2 fully saturated rings. The zero-order valence-corrected chi connectivity index (χ0v) is 29.7. The maximum Gasteiger partial charge on any atom is 0.421 e.